The van der Waals surface area contributed by atoms with Gasteiger partial charge in [-0.05, 0) is 25.0 Å². The molecule has 0 aromatic rings. The lowest BCUT2D eigenvalue weighted by atomic mass is 10.0. The molecule has 0 spiro atoms. The van der Waals surface area contributed by atoms with E-state index < -0.39 is 0 Å². The lowest BCUT2D eigenvalue weighted by Gasteiger charge is -2.26. The van der Waals surface area contributed by atoms with E-state index in [1.54, 1.807) is 0 Å². The molecule has 1 saturated heterocycles. The zero-order valence-electron chi connectivity index (χ0n) is 9.37. The topological polar surface area (TPSA) is 20.2 Å². The van der Waals surface area contributed by atoms with Gasteiger partial charge in [-0.3, -0.25) is 0 Å². The van der Waals surface area contributed by atoms with Gasteiger partial charge in [0.1, 0.15) is 0 Å². The molecule has 1 fully saturated rings. The van der Waals surface area contributed by atoms with Gasteiger partial charge in [0.2, 0.25) is 0 Å². The molecule has 84 valence electrons. The van der Waals surface area contributed by atoms with E-state index >= 15 is 0 Å². The molecular formula is C12H24OS. The highest BCUT2D eigenvalue weighted by molar-refractivity contribution is 8.00. The van der Waals surface area contributed by atoms with Crippen LogP contribution in [0.2, 0.25) is 0 Å². The monoisotopic (exact) mass is 216 g/mol. The summed E-state index contributed by atoms with van der Waals surface area (Å²) in [7, 11) is 0. The van der Waals surface area contributed by atoms with E-state index in [0.717, 1.165) is 6.42 Å². The first-order valence-corrected chi connectivity index (χ1v) is 7.19. The highest BCUT2D eigenvalue weighted by Gasteiger charge is 2.21. The Morgan fingerprint density at radius 1 is 1.29 bits per heavy atom. The molecule has 0 aliphatic carbocycles. The lowest BCUT2D eigenvalue weighted by Crippen LogP contribution is -2.25. The number of rotatable bonds is 6. The van der Waals surface area contributed by atoms with Crippen molar-refractivity contribution in [3.8, 4) is 0 Å². The van der Waals surface area contributed by atoms with Crippen LogP contribution < -0.4 is 0 Å². The average molecular weight is 216 g/mol. The molecule has 0 saturated carbocycles. The molecule has 14 heavy (non-hydrogen) atoms. The van der Waals surface area contributed by atoms with Gasteiger partial charge in [0.15, 0.2) is 0 Å². The fraction of sp³-hybridized carbons (Fsp3) is 1.00. The maximum Gasteiger partial charge on any atom is 0.0658 e. The Kier molecular flexibility index (Phi) is 6.70. The Hall–Kier alpha value is 0.310. The third kappa shape index (κ3) is 4.70. The SMILES string of the molecule is CCCCCCC(O)C1CCCCS1. The number of aliphatic hydroxyl groups excluding tert-OH is 1. The van der Waals surface area contributed by atoms with Crippen LogP contribution in [0.3, 0.4) is 0 Å². The van der Waals surface area contributed by atoms with Crippen molar-refractivity contribution < 1.29 is 5.11 Å². The van der Waals surface area contributed by atoms with Gasteiger partial charge >= 0.3 is 0 Å². The maximum absolute atomic E-state index is 9.95. The molecule has 1 aliphatic rings. The molecule has 1 heterocycles. The van der Waals surface area contributed by atoms with Gasteiger partial charge in [0, 0.05) is 5.25 Å². The van der Waals surface area contributed by atoms with Gasteiger partial charge in [-0.1, -0.05) is 39.0 Å². The van der Waals surface area contributed by atoms with E-state index in [1.165, 1.54) is 50.7 Å². The van der Waals surface area contributed by atoms with Gasteiger partial charge in [-0.25, -0.2) is 0 Å². The molecule has 1 N–H and O–H groups in total. The summed E-state index contributed by atoms with van der Waals surface area (Å²) < 4.78 is 0. The molecule has 1 rings (SSSR count). The lowest BCUT2D eigenvalue weighted by molar-refractivity contribution is 0.152. The van der Waals surface area contributed by atoms with Crippen LogP contribution >= 0.6 is 11.8 Å². The summed E-state index contributed by atoms with van der Waals surface area (Å²) in [6.07, 6.45) is 10.0. The number of hydrogen-bond acceptors (Lipinski definition) is 2. The molecule has 0 bridgehead atoms. The molecule has 1 aliphatic heterocycles. The Labute approximate surface area is 92.7 Å². The number of thioether (sulfide) groups is 1. The number of aliphatic hydroxyl groups is 1. The summed E-state index contributed by atoms with van der Waals surface area (Å²) in [5, 5.41) is 10.5. The molecule has 0 aromatic carbocycles. The molecule has 0 aromatic heterocycles. The quantitative estimate of drug-likeness (QED) is 0.685. The third-order valence-corrected chi connectivity index (χ3v) is 4.50. The molecular weight excluding hydrogens is 192 g/mol. The van der Waals surface area contributed by atoms with Crippen molar-refractivity contribution in [2.45, 2.75) is 69.6 Å². The largest absolute Gasteiger partial charge is 0.392 e. The molecule has 0 amide bonds. The highest BCUT2D eigenvalue weighted by Crippen LogP contribution is 2.29. The second-order valence-electron chi connectivity index (χ2n) is 4.32. The zero-order valence-corrected chi connectivity index (χ0v) is 10.2. The van der Waals surface area contributed by atoms with Gasteiger partial charge in [-0.2, -0.15) is 11.8 Å². The van der Waals surface area contributed by atoms with Crippen molar-refractivity contribution in [1.82, 2.24) is 0 Å². The summed E-state index contributed by atoms with van der Waals surface area (Å²) in [5.74, 6) is 1.26. The van der Waals surface area contributed by atoms with Crippen LogP contribution in [0.25, 0.3) is 0 Å². The summed E-state index contributed by atoms with van der Waals surface area (Å²) in [6.45, 7) is 2.23. The van der Waals surface area contributed by atoms with Crippen molar-refractivity contribution in [2.24, 2.45) is 0 Å². The van der Waals surface area contributed by atoms with E-state index in [1.807, 2.05) is 11.8 Å². The van der Waals surface area contributed by atoms with Crippen molar-refractivity contribution in [1.29, 1.82) is 0 Å². The first kappa shape index (κ1) is 12.4. The highest BCUT2D eigenvalue weighted by atomic mass is 32.2. The normalized spacial score (nSPS) is 24.9. The van der Waals surface area contributed by atoms with E-state index in [4.69, 9.17) is 0 Å². The van der Waals surface area contributed by atoms with E-state index in [2.05, 4.69) is 6.92 Å². The Bertz CT molecular complexity index is 132. The first-order valence-electron chi connectivity index (χ1n) is 6.14. The minimum atomic E-state index is -0.0304. The van der Waals surface area contributed by atoms with Gasteiger partial charge < -0.3 is 5.11 Å². The Balaban J connectivity index is 2.04. The molecule has 2 atom stereocenters. The predicted octanol–water partition coefficient (Wildman–Crippen LogP) is 3.60. The minimum absolute atomic E-state index is 0.0304. The van der Waals surface area contributed by atoms with Crippen LogP contribution in [0, 0.1) is 0 Å². The third-order valence-electron chi connectivity index (χ3n) is 3.00. The van der Waals surface area contributed by atoms with Crippen molar-refractivity contribution >= 4 is 11.8 Å². The summed E-state index contributed by atoms with van der Waals surface area (Å²) in [5.41, 5.74) is 0. The van der Waals surface area contributed by atoms with Crippen LogP contribution in [0.1, 0.15) is 58.3 Å². The fourth-order valence-corrected chi connectivity index (χ4v) is 3.40. The average Bonchev–Trinajstić information content (AvgIpc) is 2.25. The van der Waals surface area contributed by atoms with Crippen LogP contribution in [0.5, 0.6) is 0 Å². The molecule has 1 nitrogen and oxygen atoms in total. The summed E-state index contributed by atoms with van der Waals surface area (Å²) in [4.78, 5) is 0. The zero-order chi connectivity index (χ0) is 10.2. The first-order chi connectivity index (χ1) is 6.84. The van der Waals surface area contributed by atoms with Gasteiger partial charge in [-0.15, -0.1) is 0 Å². The van der Waals surface area contributed by atoms with Gasteiger partial charge in [0.25, 0.3) is 0 Å². The van der Waals surface area contributed by atoms with Crippen molar-refractivity contribution in [3.63, 3.8) is 0 Å². The van der Waals surface area contributed by atoms with Crippen LogP contribution in [-0.2, 0) is 0 Å². The summed E-state index contributed by atoms with van der Waals surface area (Å²) in [6, 6.07) is 0. The van der Waals surface area contributed by atoms with Crippen molar-refractivity contribution in [2.75, 3.05) is 5.75 Å². The predicted molar refractivity (Wildman–Crippen MR) is 64.9 cm³/mol. The van der Waals surface area contributed by atoms with Crippen LogP contribution in [-0.4, -0.2) is 22.2 Å². The number of hydrogen-bond donors (Lipinski definition) is 1. The Morgan fingerprint density at radius 3 is 2.79 bits per heavy atom. The minimum Gasteiger partial charge on any atom is -0.392 e. The summed E-state index contributed by atoms with van der Waals surface area (Å²) >= 11 is 1.99. The molecule has 2 unspecified atom stereocenters. The van der Waals surface area contributed by atoms with Crippen LogP contribution in [0.15, 0.2) is 0 Å². The number of unbranched alkanes of at least 4 members (excludes halogenated alkanes) is 3. The fourth-order valence-electron chi connectivity index (χ4n) is 2.04. The molecule has 0 radical (unpaired) electrons. The van der Waals surface area contributed by atoms with Crippen LogP contribution in [0.4, 0.5) is 0 Å². The van der Waals surface area contributed by atoms with E-state index in [9.17, 15) is 5.11 Å². The standard InChI is InChI=1S/C12H24OS/c1-2-3-4-5-8-11(13)12-9-6-7-10-14-12/h11-13H,2-10H2,1H3. The second kappa shape index (κ2) is 7.58. The molecule has 2 heteroatoms. The van der Waals surface area contributed by atoms with E-state index in [-0.39, 0.29) is 6.10 Å². The Morgan fingerprint density at radius 2 is 2.14 bits per heavy atom. The smallest absolute Gasteiger partial charge is 0.0658 e. The van der Waals surface area contributed by atoms with Crippen molar-refractivity contribution in [3.05, 3.63) is 0 Å². The van der Waals surface area contributed by atoms with Gasteiger partial charge in [0.05, 0.1) is 6.10 Å². The van der Waals surface area contributed by atoms with E-state index in [0.29, 0.717) is 5.25 Å². The maximum atomic E-state index is 9.95. The second-order valence-corrected chi connectivity index (χ2v) is 5.67.